The van der Waals surface area contributed by atoms with Gasteiger partial charge < -0.3 is 9.64 Å². The van der Waals surface area contributed by atoms with Gasteiger partial charge in [0.2, 0.25) is 0 Å². The van der Waals surface area contributed by atoms with E-state index < -0.39 is 0 Å². The second kappa shape index (κ2) is 7.90. The van der Waals surface area contributed by atoms with Crippen LogP contribution in [0.1, 0.15) is 12.0 Å². The normalized spacial score (nSPS) is 17.5. The number of morpholine rings is 1. The van der Waals surface area contributed by atoms with Crippen molar-refractivity contribution in [3.8, 4) is 0 Å². The number of fused-ring (bicyclic) bond motifs is 2. The molecule has 6 rings (SSSR count). The van der Waals surface area contributed by atoms with Gasteiger partial charge in [-0.05, 0) is 0 Å². The van der Waals surface area contributed by atoms with Crippen molar-refractivity contribution in [3.63, 3.8) is 0 Å². The summed E-state index contributed by atoms with van der Waals surface area (Å²) < 4.78 is 13.7. The molecule has 2 aromatic heterocycles. The third-order valence-electron chi connectivity index (χ3n) is 6.24. The summed E-state index contributed by atoms with van der Waals surface area (Å²) in [5.41, 5.74) is 7.05. The van der Waals surface area contributed by atoms with Gasteiger partial charge in [-0.2, -0.15) is 0 Å². The van der Waals surface area contributed by atoms with Crippen LogP contribution in [0.25, 0.3) is 27.6 Å². The molecule has 0 aliphatic carbocycles. The molecule has 1 saturated heterocycles. The molecule has 4 heterocycles. The van der Waals surface area contributed by atoms with Crippen molar-refractivity contribution in [2.45, 2.75) is 6.42 Å². The standard InChI is InChI=1S/C24H23N4O2Te/c31-28-16-20(19-3-1-2-4-22(19)28)17-7-9-26(10-8-17)18-5-6-23-21(15-18)25-24(30-23)27-11-13-29-14-12-27/h1-7,15-16H,8-14H2. The molecule has 7 heteroatoms. The second-order valence-corrected chi connectivity index (χ2v) is 9.18. The molecule has 157 valence electrons. The molecule has 0 unspecified atom stereocenters. The fraction of sp³-hybridized carbons (Fsp3) is 0.292. The van der Waals surface area contributed by atoms with Gasteiger partial charge in [0.15, 0.2) is 0 Å². The molecule has 2 aliphatic heterocycles. The number of nitrogens with zero attached hydrogens (tertiary/aromatic N) is 4. The van der Waals surface area contributed by atoms with Gasteiger partial charge in [0, 0.05) is 13.1 Å². The van der Waals surface area contributed by atoms with Crippen LogP contribution in [0.5, 0.6) is 0 Å². The number of anilines is 2. The first-order valence-electron chi connectivity index (χ1n) is 10.7. The monoisotopic (exact) mass is 529 g/mol. The Kier molecular flexibility index (Phi) is 4.91. The number of hydrogen-bond acceptors (Lipinski definition) is 5. The van der Waals surface area contributed by atoms with Gasteiger partial charge in [-0.25, -0.2) is 0 Å². The maximum atomic E-state index is 5.99. The van der Waals surface area contributed by atoms with Crippen LogP contribution in [0.4, 0.5) is 11.7 Å². The van der Waals surface area contributed by atoms with Crippen LogP contribution in [0.3, 0.4) is 0 Å². The summed E-state index contributed by atoms with van der Waals surface area (Å²) in [6, 6.07) is 15.7. The van der Waals surface area contributed by atoms with Crippen LogP contribution in [-0.4, -0.2) is 69.8 Å². The maximum absolute atomic E-state index is 5.99. The van der Waals surface area contributed by atoms with E-state index in [1.807, 2.05) is 28.6 Å². The zero-order valence-corrected chi connectivity index (χ0v) is 19.5. The number of rotatable bonds is 3. The van der Waals surface area contributed by atoms with E-state index in [1.54, 1.807) is 0 Å². The number of benzene rings is 2. The molecule has 0 saturated carbocycles. The van der Waals surface area contributed by atoms with E-state index in [9.17, 15) is 0 Å². The van der Waals surface area contributed by atoms with Crippen molar-refractivity contribution < 1.29 is 9.15 Å². The zero-order valence-electron chi connectivity index (χ0n) is 17.2. The Balaban J connectivity index is 1.25. The molecule has 2 aliphatic rings. The average molecular weight is 527 g/mol. The molecule has 0 atom stereocenters. The number of oxazole rings is 1. The van der Waals surface area contributed by atoms with Crippen molar-refractivity contribution in [3.05, 3.63) is 60.3 Å². The van der Waals surface area contributed by atoms with Crippen LogP contribution < -0.4 is 9.80 Å². The molecule has 31 heavy (non-hydrogen) atoms. The summed E-state index contributed by atoms with van der Waals surface area (Å²) in [7, 11) is 0. The quantitative estimate of drug-likeness (QED) is 0.380. The van der Waals surface area contributed by atoms with Gasteiger partial charge in [0.05, 0.1) is 13.2 Å². The van der Waals surface area contributed by atoms with Crippen LogP contribution in [0.2, 0.25) is 0 Å². The van der Waals surface area contributed by atoms with Gasteiger partial charge in [0.1, 0.15) is 0 Å². The summed E-state index contributed by atoms with van der Waals surface area (Å²) in [4.78, 5) is 9.32. The third kappa shape index (κ3) is 3.51. The molecule has 1 fully saturated rings. The summed E-state index contributed by atoms with van der Waals surface area (Å²) >= 11 is 2.04. The van der Waals surface area contributed by atoms with E-state index in [2.05, 4.69) is 61.3 Å². The first-order valence-corrected chi connectivity index (χ1v) is 11.8. The third-order valence-corrected chi connectivity index (χ3v) is 7.10. The van der Waals surface area contributed by atoms with Gasteiger partial charge in [-0.1, -0.05) is 0 Å². The molecular weight excluding hydrogens is 504 g/mol. The van der Waals surface area contributed by atoms with Crippen molar-refractivity contribution in [1.29, 1.82) is 0 Å². The minimum atomic E-state index is 0.701. The zero-order chi connectivity index (χ0) is 20.8. The average Bonchev–Trinajstić information content (AvgIpc) is 3.41. The molecular formula is C24H23N4O2Te. The number of aromatic nitrogens is 2. The molecule has 2 aromatic carbocycles. The predicted molar refractivity (Wildman–Crippen MR) is 125 cm³/mol. The molecule has 0 amide bonds. The summed E-state index contributed by atoms with van der Waals surface area (Å²) in [5.74, 6) is 0. The van der Waals surface area contributed by atoms with Crippen molar-refractivity contribution >= 4 is 61.8 Å². The van der Waals surface area contributed by atoms with Gasteiger partial charge >= 0.3 is 159 Å². The van der Waals surface area contributed by atoms with Crippen molar-refractivity contribution in [1.82, 2.24) is 7.80 Å². The van der Waals surface area contributed by atoms with Gasteiger partial charge in [-0.15, -0.1) is 0 Å². The van der Waals surface area contributed by atoms with Gasteiger partial charge in [-0.3, -0.25) is 0 Å². The Hall–Kier alpha value is -2.46. The van der Waals surface area contributed by atoms with E-state index in [1.165, 1.54) is 27.7 Å². The SMILES string of the molecule is [Te]n1cc(C2=CCN(c3ccc4oc(N5CCOCC5)nc4c3)CC2)c2ccccc21. The number of hydrogen-bond donors (Lipinski definition) is 0. The molecule has 4 aromatic rings. The Bertz CT molecular complexity index is 1290. The predicted octanol–water partition coefficient (Wildman–Crippen LogP) is 3.84. The first-order chi connectivity index (χ1) is 15.3. The Morgan fingerprint density at radius 1 is 0.968 bits per heavy atom. The topological polar surface area (TPSA) is 46.7 Å². The Morgan fingerprint density at radius 2 is 1.84 bits per heavy atom. The summed E-state index contributed by atoms with van der Waals surface area (Å²) in [5, 5.41) is 1.34. The van der Waals surface area contributed by atoms with E-state index in [0.717, 1.165) is 56.9 Å². The van der Waals surface area contributed by atoms with Crippen LogP contribution >= 0.6 is 0 Å². The second-order valence-electron chi connectivity index (χ2n) is 8.06. The van der Waals surface area contributed by atoms with E-state index in [-0.39, 0.29) is 0 Å². The summed E-state index contributed by atoms with van der Waals surface area (Å²) in [6.45, 7) is 5.00. The van der Waals surface area contributed by atoms with E-state index in [4.69, 9.17) is 14.1 Å². The first kappa shape index (κ1) is 19.2. The van der Waals surface area contributed by atoms with E-state index >= 15 is 0 Å². The number of para-hydroxylation sites is 1. The Labute approximate surface area is 194 Å². The minimum absolute atomic E-state index is 0.701. The van der Waals surface area contributed by atoms with Crippen LogP contribution in [0, 0.1) is 0 Å². The van der Waals surface area contributed by atoms with Crippen LogP contribution in [-0.2, 0) is 4.74 Å². The van der Waals surface area contributed by atoms with Crippen molar-refractivity contribution in [2.75, 3.05) is 49.2 Å². The molecule has 6 nitrogen and oxygen atoms in total. The number of ether oxygens (including phenoxy) is 1. The molecule has 0 bridgehead atoms. The van der Waals surface area contributed by atoms with E-state index in [0.29, 0.717) is 6.01 Å². The van der Waals surface area contributed by atoms with Crippen LogP contribution in [0.15, 0.2) is 59.2 Å². The summed E-state index contributed by atoms with van der Waals surface area (Å²) in [6.07, 6.45) is 5.68. The fourth-order valence-electron chi connectivity index (χ4n) is 4.54. The molecule has 0 spiro atoms. The van der Waals surface area contributed by atoms with Crippen molar-refractivity contribution in [2.24, 2.45) is 0 Å². The molecule has 0 N–H and O–H groups in total. The fourth-order valence-corrected chi connectivity index (χ4v) is 5.30. The Morgan fingerprint density at radius 3 is 2.68 bits per heavy atom. The molecule has 1 radical (unpaired) electrons. The van der Waals surface area contributed by atoms with Gasteiger partial charge in [0.25, 0.3) is 0 Å².